The molecule has 1 aromatic heterocycles. The van der Waals surface area contributed by atoms with Gasteiger partial charge in [-0.05, 0) is 17.7 Å². The van der Waals surface area contributed by atoms with Crippen LogP contribution in [0.5, 0.6) is 0 Å². The predicted molar refractivity (Wildman–Crippen MR) is 147 cm³/mol. The van der Waals surface area contributed by atoms with Crippen molar-refractivity contribution in [3.8, 4) is 0 Å². The van der Waals surface area contributed by atoms with Crippen LogP contribution in [0.25, 0.3) is 0 Å². The first-order valence-electron chi connectivity index (χ1n) is 12.6. The molecule has 0 spiro atoms. The van der Waals surface area contributed by atoms with Crippen molar-refractivity contribution in [2.75, 3.05) is 58.3 Å². The SMILES string of the molecule is COCCN(CC(=O)Nc1nc(CC(=O)N2CCN(Cc3ccccc3)CC2)cs1)C(=O)c1ccccc1. The lowest BCUT2D eigenvalue weighted by Gasteiger charge is -2.34. The van der Waals surface area contributed by atoms with Crippen LogP contribution in [-0.2, 0) is 27.3 Å². The van der Waals surface area contributed by atoms with Gasteiger partial charge in [0, 0.05) is 57.3 Å². The first-order chi connectivity index (χ1) is 18.5. The first-order valence-corrected chi connectivity index (χ1v) is 13.5. The zero-order chi connectivity index (χ0) is 26.7. The Morgan fingerprint density at radius 2 is 1.68 bits per heavy atom. The Labute approximate surface area is 227 Å². The average Bonchev–Trinajstić information content (AvgIpc) is 3.38. The maximum Gasteiger partial charge on any atom is 0.254 e. The fraction of sp³-hybridized carbons (Fsp3) is 0.357. The van der Waals surface area contributed by atoms with Crippen LogP contribution in [0.3, 0.4) is 0 Å². The summed E-state index contributed by atoms with van der Waals surface area (Å²) < 4.78 is 5.11. The van der Waals surface area contributed by atoms with Gasteiger partial charge in [-0.2, -0.15) is 0 Å². The minimum Gasteiger partial charge on any atom is -0.383 e. The molecule has 200 valence electrons. The molecule has 1 aliphatic rings. The van der Waals surface area contributed by atoms with Gasteiger partial charge >= 0.3 is 0 Å². The number of carbonyl (C=O) groups excluding carboxylic acids is 3. The highest BCUT2D eigenvalue weighted by molar-refractivity contribution is 7.13. The zero-order valence-corrected chi connectivity index (χ0v) is 22.4. The third kappa shape index (κ3) is 7.95. The van der Waals surface area contributed by atoms with E-state index in [0.717, 1.165) is 19.6 Å². The second-order valence-corrected chi connectivity index (χ2v) is 9.96. The van der Waals surface area contributed by atoms with Gasteiger partial charge in [0.05, 0.1) is 18.7 Å². The van der Waals surface area contributed by atoms with Gasteiger partial charge in [0.2, 0.25) is 11.8 Å². The molecule has 1 fully saturated rings. The molecular weight excluding hydrogens is 502 g/mol. The Balaban J connectivity index is 1.25. The number of methoxy groups -OCH3 is 1. The van der Waals surface area contributed by atoms with Crippen molar-refractivity contribution in [1.82, 2.24) is 19.7 Å². The molecule has 0 aliphatic carbocycles. The Kier molecular flexibility index (Phi) is 9.97. The van der Waals surface area contributed by atoms with Gasteiger partial charge < -0.3 is 19.9 Å². The van der Waals surface area contributed by atoms with Crippen LogP contribution in [0, 0.1) is 0 Å². The molecule has 2 aromatic carbocycles. The summed E-state index contributed by atoms with van der Waals surface area (Å²) in [5.41, 5.74) is 2.40. The molecule has 0 atom stereocenters. The highest BCUT2D eigenvalue weighted by Crippen LogP contribution is 2.17. The molecule has 3 amide bonds. The van der Waals surface area contributed by atoms with E-state index in [4.69, 9.17) is 4.74 Å². The number of piperazine rings is 1. The first kappa shape index (κ1) is 27.4. The minimum absolute atomic E-state index is 0.0340. The van der Waals surface area contributed by atoms with Gasteiger partial charge in [-0.25, -0.2) is 4.98 Å². The number of nitrogens with one attached hydrogen (secondary N) is 1. The van der Waals surface area contributed by atoms with Gasteiger partial charge in [0.15, 0.2) is 5.13 Å². The molecule has 1 aliphatic heterocycles. The number of thiazole rings is 1. The number of benzene rings is 2. The lowest BCUT2D eigenvalue weighted by molar-refractivity contribution is -0.132. The summed E-state index contributed by atoms with van der Waals surface area (Å²) in [5.74, 6) is -0.564. The number of nitrogens with zero attached hydrogens (tertiary/aromatic N) is 4. The van der Waals surface area contributed by atoms with Gasteiger partial charge in [-0.3, -0.25) is 19.3 Å². The fourth-order valence-electron chi connectivity index (χ4n) is 4.26. The smallest absolute Gasteiger partial charge is 0.254 e. The summed E-state index contributed by atoms with van der Waals surface area (Å²) in [5, 5.41) is 4.95. The summed E-state index contributed by atoms with van der Waals surface area (Å²) in [4.78, 5) is 48.5. The summed E-state index contributed by atoms with van der Waals surface area (Å²) in [6.07, 6.45) is 0.192. The molecule has 0 saturated carbocycles. The number of hydrogen-bond acceptors (Lipinski definition) is 7. The van der Waals surface area contributed by atoms with Crippen LogP contribution in [0.1, 0.15) is 21.6 Å². The van der Waals surface area contributed by atoms with Crippen LogP contribution >= 0.6 is 11.3 Å². The third-order valence-electron chi connectivity index (χ3n) is 6.31. The lowest BCUT2D eigenvalue weighted by Crippen LogP contribution is -2.48. The Morgan fingerprint density at radius 1 is 1.00 bits per heavy atom. The highest BCUT2D eigenvalue weighted by atomic mass is 32.1. The van der Waals surface area contributed by atoms with Crippen LogP contribution in [0.2, 0.25) is 0 Å². The van der Waals surface area contributed by atoms with Crippen LogP contribution in [0.15, 0.2) is 66.0 Å². The maximum absolute atomic E-state index is 12.9. The van der Waals surface area contributed by atoms with E-state index in [1.54, 1.807) is 36.8 Å². The summed E-state index contributed by atoms with van der Waals surface area (Å²) >= 11 is 1.27. The predicted octanol–water partition coefficient (Wildman–Crippen LogP) is 2.76. The van der Waals surface area contributed by atoms with E-state index < -0.39 is 0 Å². The van der Waals surface area contributed by atoms with Crippen molar-refractivity contribution in [2.24, 2.45) is 0 Å². The molecule has 10 heteroatoms. The molecule has 0 bridgehead atoms. The third-order valence-corrected chi connectivity index (χ3v) is 7.12. The number of ether oxygens (including phenoxy) is 1. The van der Waals surface area contributed by atoms with Crippen molar-refractivity contribution < 1.29 is 19.1 Å². The molecule has 1 N–H and O–H groups in total. The van der Waals surface area contributed by atoms with E-state index in [9.17, 15) is 14.4 Å². The monoisotopic (exact) mass is 535 g/mol. The molecule has 0 radical (unpaired) electrons. The molecule has 3 aromatic rings. The van der Waals surface area contributed by atoms with Crippen molar-refractivity contribution in [3.05, 3.63) is 82.9 Å². The molecular formula is C28H33N5O4S. The second kappa shape index (κ2) is 13.8. The number of carbonyl (C=O) groups is 3. The molecule has 9 nitrogen and oxygen atoms in total. The summed E-state index contributed by atoms with van der Waals surface area (Å²) in [6, 6.07) is 19.2. The van der Waals surface area contributed by atoms with Gasteiger partial charge in [0.1, 0.15) is 6.54 Å². The van der Waals surface area contributed by atoms with Crippen molar-refractivity contribution in [2.45, 2.75) is 13.0 Å². The average molecular weight is 536 g/mol. The lowest BCUT2D eigenvalue weighted by atomic mass is 10.2. The number of amides is 3. The molecule has 4 rings (SSSR count). The second-order valence-electron chi connectivity index (χ2n) is 9.10. The largest absolute Gasteiger partial charge is 0.383 e. The number of hydrogen-bond donors (Lipinski definition) is 1. The summed E-state index contributed by atoms with van der Waals surface area (Å²) in [6.45, 7) is 4.40. The quantitative estimate of drug-likeness (QED) is 0.406. The number of anilines is 1. The fourth-order valence-corrected chi connectivity index (χ4v) is 4.99. The molecule has 38 heavy (non-hydrogen) atoms. The van der Waals surface area contributed by atoms with E-state index in [2.05, 4.69) is 27.3 Å². The molecule has 0 unspecified atom stereocenters. The van der Waals surface area contributed by atoms with E-state index in [1.165, 1.54) is 21.8 Å². The normalized spacial score (nSPS) is 13.8. The number of rotatable bonds is 11. The maximum atomic E-state index is 12.9. The summed E-state index contributed by atoms with van der Waals surface area (Å²) in [7, 11) is 1.55. The standard InChI is InChI=1S/C28H33N5O4S/c1-37-17-16-33(27(36)23-10-6-3-7-11-23)20-25(34)30-28-29-24(21-38-28)18-26(35)32-14-12-31(13-15-32)19-22-8-4-2-5-9-22/h2-11,21H,12-20H2,1H3,(H,29,30,34). The van der Waals surface area contributed by atoms with Gasteiger partial charge in [0.25, 0.3) is 5.91 Å². The molecule has 2 heterocycles. The molecule has 1 saturated heterocycles. The minimum atomic E-state index is -0.354. The Hall–Kier alpha value is -3.60. The van der Waals surface area contributed by atoms with Crippen molar-refractivity contribution in [1.29, 1.82) is 0 Å². The van der Waals surface area contributed by atoms with E-state index in [0.29, 0.717) is 36.1 Å². The van der Waals surface area contributed by atoms with Crippen LogP contribution in [-0.4, -0.2) is 90.4 Å². The van der Waals surface area contributed by atoms with Gasteiger partial charge in [-0.1, -0.05) is 48.5 Å². The highest BCUT2D eigenvalue weighted by Gasteiger charge is 2.23. The Morgan fingerprint density at radius 3 is 2.37 bits per heavy atom. The van der Waals surface area contributed by atoms with Crippen molar-refractivity contribution >= 4 is 34.2 Å². The van der Waals surface area contributed by atoms with Crippen LogP contribution in [0.4, 0.5) is 5.13 Å². The van der Waals surface area contributed by atoms with E-state index in [-0.39, 0.29) is 37.2 Å². The zero-order valence-electron chi connectivity index (χ0n) is 21.5. The topological polar surface area (TPSA) is 95.1 Å². The van der Waals surface area contributed by atoms with E-state index >= 15 is 0 Å². The van der Waals surface area contributed by atoms with Crippen molar-refractivity contribution in [3.63, 3.8) is 0 Å². The van der Waals surface area contributed by atoms with Gasteiger partial charge in [-0.15, -0.1) is 11.3 Å². The van der Waals surface area contributed by atoms with E-state index in [1.807, 2.05) is 29.2 Å². The Bertz CT molecular complexity index is 1200. The number of aromatic nitrogens is 1. The van der Waals surface area contributed by atoms with Crippen LogP contribution < -0.4 is 5.32 Å².